The summed E-state index contributed by atoms with van der Waals surface area (Å²) in [5, 5.41) is -0.234. The molecule has 2 aromatic rings. The van der Waals surface area contributed by atoms with Crippen molar-refractivity contribution in [2.24, 2.45) is 0 Å². The third kappa shape index (κ3) is 5.64. The van der Waals surface area contributed by atoms with Crippen molar-refractivity contribution in [2.45, 2.75) is 43.5 Å². The van der Waals surface area contributed by atoms with Crippen LogP contribution >= 0.6 is 24.0 Å². The fraction of sp³-hybridized carbons (Fsp3) is 0.435. The molecular formula is C23H30Cl2N2O4S. The van der Waals surface area contributed by atoms with Gasteiger partial charge in [0.15, 0.2) is 4.90 Å². The number of rotatable bonds is 8. The highest BCUT2D eigenvalue weighted by Crippen LogP contribution is 2.49. The molecule has 0 radical (unpaired) electrons. The van der Waals surface area contributed by atoms with E-state index in [0.717, 1.165) is 13.0 Å². The molecule has 2 atom stereocenters. The second-order valence-corrected chi connectivity index (χ2v) is 9.75. The number of anilines is 1. The van der Waals surface area contributed by atoms with E-state index in [1.807, 2.05) is 6.07 Å². The average molecular weight is 501 g/mol. The maximum Gasteiger partial charge on any atom is 0.230 e. The Labute approximate surface area is 204 Å². The molecule has 0 N–H and O–H groups in total. The van der Waals surface area contributed by atoms with Crippen LogP contribution < -0.4 is 14.4 Å². The minimum Gasteiger partial charge on any atom is -0.609 e. The maximum atomic E-state index is 13.5. The molecule has 0 saturated heterocycles. The first-order chi connectivity index (χ1) is 14.7. The quantitative estimate of drug-likeness (QED) is 0.374. The van der Waals surface area contributed by atoms with Gasteiger partial charge >= 0.3 is 0 Å². The molecule has 0 saturated carbocycles. The second kappa shape index (κ2) is 11.5. The minimum atomic E-state index is -1.51. The van der Waals surface area contributed by atoms with Crippen LogP contribution in [0.1, 0.15) is 38.1 Å². The van der Waals surface area contributed by atoms with Gasteiger partial charge in [0.1, 0.15) is 17.2 Å². The van der Waals surface area contributed by atoms with Crippen LogP contribution in [0.2, 0.25) is 5.02 Å². The van der Waals surface area contributed by atoms with Gasteiger partial charge in [0.2, 0.25) is 11.3 Å². The van der Waals surface area contributed by atoms with Crippen molar-refractivity contribution in [3.05, 3.63) is 47.0 Å². The third-order valence-corrected chi connectivity index (χ3v) is 7.32. The highest BCUT2D eigenvalue weighted by molar-refractivity contribution is 7.92. The highest BCUT2D eigenvalue weighted by atomic mass is 35.5. The second-order valence-electron chi connectivity index (χ2n) is 7.83. The van der Waals surface area contributed by atoms with Crippen LogP contribution in [0, 0.1) is 0 Å². The molecule has 0 aromatic heterocycles. The first-order valence-electron chi connectivity index (χ1n) is 10.3. The number of amides is 1. The van der Waals surface area contributed by atoms with Gasteiger partial charge in [0, 0.05) is 41.8 Å². The lowest BCUT2D eigenvalue weighted by Crippen LogP contribution is -2.32. The molecule has 1 amide bonds. The molecule has 0 spiro atoms. The van der Waals surface area contributed by atoms with Crippen molar-refractivity contribution in [1.82, 2.24) is 4.90 Å². The molecule has 1 heterocycles. The first-order valence-corrected chi connectivity index (χ1v) is 11.8. The molecule has 1 aliphatic rings. The van der Waals surface area contributed by atoms with E-state index in [-0.39, 0.29) is 18.3 Å². The molecule has 2 aromatic carbocycles. The Morgan fingerprint density at radius 1 is 1.28 bits per heavy atom. The zero-order chi connectivity index (χ0) is 22.7. The van der Waals surface area contributed by atoms with Gasteiger partial charge in [-0.2, -0.15) is 0 Å². The van der Waals surface area contributed by atoms with E-state index >= 15 is 0 Å². The molecule has 32 heavy (non-hydrogen) atoms. The Balaban J connectivity index is 0.00000363. The summed E-state index contributed by atoms with van der Waals surface area (Å²) in [6.45, 7) is 7.18. The van der Waals surface area contributed by atoms with Crippen molar-refractivity contribution in [1.29, 1.82) is 0 Å². The minimum absolute atomic E-state index is 0. The largest absolute Gasteiger partial charge is 0.609 e. The molecule has 0 fully saturated rings. The zero-order valence-corrected chi connectivity index (χ0v) is 21.4. The van der Waals surface area contributed by atoms with E-state index in [0.29, 0.717) is 45.3 Å². The number of hydrogen-bond acceptors (Lipinski definition) is 5. The van der Waals surface area contributed by atoms with Crippen molar-refractivity contribution in [3.8, 4) is 11.5 Å². The molecule has 2 unspecified atom stereocenters. The molecule has 6 nitrogen and oxygen atoms in total. The Morgan fingerprint density at radius 3 is 2.62 bits per heavy atom. The summed E-state index contributed by atoms with van der Waals surface area (Å²) in [5.74, 6) is 1.000. The summed E-state index contributed by atoms with van der Waals surface area (Å²) >= 11 is 4.62. The predicted molar refractivity (Wildman–Crippen MR) is 132 cm³/mol. The van der Waals surface area contributed by atoms with Crippen LogP contribution in [0.3, 0.4) is 0 Å². The SMILES string of the molecule is COc1ccc(OCCCN(C)C(C)C)c(C2N(C(C)=O)c3ccc(Cl)cc3[S+]2[O-])c1.Cl. The predicted octanol–water partition coefficient (Wildman–Crippen LogP) is 5.05. The number of nitrogens with zero attached hydrogens (tertiary/aromatic N) is 2. The van der Waals surface area contributed by atoms with Crippen LogP contribution in [0.5, 0.6) is 11.5 Å². The number of benzene rings is 2. The maximum absolute atomic E-state index is 13.5. The lowest BCUT2D eigenvalue weighted by molar-refractivity contribution is -0.116. The Kier molecular flexibility index (Phi) is 9.54. The lowest BCUT2D eigenvalue weighted by atomic mass is 10.1. The number of carbonyl (C=O) groups excluding carboxylic acids is 1. The number of ether oxygens (including phenoxy) is 2. The van der Waals surface area contributed by atoms with Gasteiger partial charge < -0.3 is 18.9 Å². The number of carbonyl (C=O) groups is 1. The van der Waals surface area contributed by atoms with Gasteiger partial charge in [-0.15, -0.1) is 12.4 Å². The summed E-state index contributed by atoms with van der Waals surface area (Å²) in [5.41, 5.74) is 1.25. The zero-order valence-electron chi connectivity index (χ0n) is 19.0. The molecule has 0 bridgehead atoms. The monoisotopic (exact) mass is 500 g/mol. The van der Waals surface area contributed by atoms with Crippen LogP contribution in [0.15, 0.2) is 41.3 Å². The average Bonchev–Trinajstić information content (AvgIpc) is 3.03. The molecule has 176 valence electrons. The summed E-state index contributed by atoms with van der Waals surface area (Å²) < 4.78 is 25.0. The van der Waals surface area contributed by atoms with Gasteiger partial charge in [-0.25, -0.2) is 0 Å². The van der Waals surface area contributed by atoms with Crippen molar-refractivity contribution < 1.29 is 18.8 Å². The Morgan fingerprint density at radius 2 is 2.00 bits per heavy atom. The number of halogens is 2. The fourth-order valence-electron chi connectivity index (χ4n) is 3.51. The highest BCUT2D eigenvalue weighted by Gasteiger charge is 2.47. The van der Waals surface area contributed by atoms with Crippen LogP contribution in [-0.4, -0.2) is 48.7 Å². The molecule has 1 aliphatic heterocycles. The van der Waals surface area contributed by atoms with Gasteiger partial charge in [-0.3, -0.25) is 9.69 Å². The number of hydrogen-bond donors (Lipinski definition) is 0. The van der Waals surface area contributed by atoms with E-state index in [9.17, 15) is 9.35 Å². The van der Waals surface area contributed by atoms with Crippen LogP contribution in [0.4, 0.5) is 5.69 Å². The van der Waals surface area contributed by atoms with Gasteiger partial charge in [-0.05, 0) is 57.6 Å². The standard InChI is InChI=1S/C23H29ClN2O4S.ClH/c1-15(2)25(4)11-6-12-30-21-10-8-18(29-5)14-19(21)23-26(16(3)27)20-9-7-17(24)13-22(20)31(23)28;/h7-10,13-15,23H,6,11-12H2,1-5H3;1H. The summed E-state index contributed by atoms with van der Waals surface area (Å²) in [6, 6.07) is 11.0. The molecule has 9 heteroatoms. The summed E-state index contributed by atoms with van der Waals surface area (Å²) in [6.07, 6.45) is 0.847. The summed E-state index contributed by atoms with van der Waals surface area (Å²) in [4.78, 5) is 16.9. The first kappa shape index (κ1) is 26.6. The number of fused-ring (bicyclic) bond motifs is 1. The van der Waals surface area contributed by atoms with Crippen LogP contribution in [-0.2, 0) is 16.0 Å². The third-order valence-electron chi connectivity index (χ3n) is 5.45. The van der Waals surface area contributed by atoms with E-state index in [4.69, 9.17) is 21.1 Å². The smallest absolute Gasteiger partial charge is 0.230 e. The Hall–Kier alpha value is -1.64. The normalized spacial score (nSPS) is 17.3. The van der Waals surface area contributed by atoms with E-state index < -0.39 is 16.5 Å². The van der Waals surface area contributed by atoms with Gasteiger partial charge in [-0.1, -0.05) is 11.6 Å². The van der Waals surface area contributed by atoms with Gasteiger partial charge in [0.25, 0.3) is 0 Å². The van der Waals surface area contributed by atoms with Crippen molar-refractivity contribution >= 4 is 46.8 Å². The summed E-state index contributed by atoms with van der Waals surface area (Å²) in [7, 11) is 3.66. The molecule has 0 aliphatic carbocycles. The Bertz CT molecular complexity index is 944. The van der Waals surface area contributed by atoms with Crippen molar-refractivity contribution in [3.63, 3.8) is 0 Å². The fourth-order valence-corrected chi connectivity index (χ4v) is 5.47. The lowest BCUT2D eigenvalue weighted by Gasteiger charge is -2.25. The van der Waals surface area contributed by atoms with E-state index in [2.05, 4.69) is 25.8 Å². The van der Waals surface area contributed by atoms with E-state index in [1.54, 1.807) is 42.3 Å². The van der Waals surface area contributed by atoms with Gasteiger partial charge in [0.05, 0.1) is 19.3 Å². The molecular weight excluding hydrogens is 471 g/mol. The van der Waals surface area contributed by atoms with E-state index in [1.165, 1.54) is 6.92 Å². The topological polar surface area (TPSA) is 65.1 Å². The molecule has 3 rings (SSSR count). The van der Waals surface area contributed by atoms with Crippen molar-refractivity contribution in [2.75, 3.05) is 32.2 Å². The van der Waals surface area contributed by atoms with Crippen LogP contribution in [0.25, 0.3) is 0 Å². The number of methoxy groups -OCH3 is 1.